The molecule has 0 radical (unpaired) electrons. The molecule has 1 aromatic carbocycles. The van der Waals surface area contributed by atoms with Crippen molar-refractivity contribution in [3.8, 4) is 0 Å². The third-order valence-electron chi connectivity index (χ3n) is 5.22. The van der Waals surface area contributed by atoms with E-state index in [0.717, 1.165) is 4.68 Å². The van der Waals surface area contributed by atoms with E-state index in [1.165, 1.54) is 0 Å². The molecule has 4 rings (SSSR count). The summed E-state index contributed by atoms with van der Waals surface area (Å²) in [4.78, 5) is 16.5. The highest BCUT2D eigenvalue weighted by Crippen LogP contribution is 2.46. The molecule has 170 valence electrons. The summed E-state index contributed by atoms with van der Waals surface area (Å²) in [6.45, 7) is 0.938. The van der Waals surface area contributed by atoms with E-state index >= 15 is 0 Å². The Morgan fingerprint density at radius 2 is 2.00 bits per heavy atom. The second-order valence-corrected chi connectivity index (χ2v) is 8.22. The van der Waals surface area contributed by atoms with E-state index in [1.807, 2.05) is 4.57 Å². The third-order valence-corrected chi connectivity index (χ3v) is 5.83. The Kier molecular flexibility index (Phi) is 6.34. The van der Waals surface area contributed by atoms with Crippen molar-refractivity contribution in [1.82, 2.24) is 24.6 Å². The smallest absolute Gasteiger partial charge is 0.362 e. The molecule has 0 fully saturated rings. The van der Waals surface area contributed by atoms with Crippen LogP contribution < -0.4 is 10.6 Å². The summed E-state index contributed by atoms with van der Waals surface area (Å²) >= 11 is 12.2. The standard InChI is InChI=1S/C20H19Cl2F3N6O/c21-13-4-2-12(3-5-13)14-10-15(20(23,24)25)31-18(28-14)16(22)17(29-31)19(32)27-6-1-8-30-9-7-26-11-30/h2-5,7,9,11,14-15,28H,1,6,8,10H2,(H,27,32). The number of anilines is 1. The number of hydrogen-bond donors (Lipinski definition) is 2. The normalized spacial score (nSPS) is 18.2. The van der Waals surface area contributed by atoms with Crippen LogP contribution in [0, 0.1) is 0 Å². The largest absolute Gasteiger partial charge is 0.410 e. The predicted molar refractivity (Wildman–Crippen MR) is 114 cm³/mol. The van der Waals surface area contributed by atoms with E-state index in [9.17, 15) is 18.0 Å². The molecule has 0 bridgehead atoms. The Hall–Kier alpha value is -2.72. The minimum Gasteiger partial charge on any atom is -0.362 e. The number of carbonyl (C=O) groups is 1. The number of nitrogens with one attached hydrogen (secondary N) is 2. The molecule has 0 aliphatic carbocycles. The van der Waals surface area contributed by atoms with Crippen LogP contribution in [0.25, 0.3) is 0 Å². The molecule has 1 aliphatic rings. The number of fused-ring (bicyclic) bond motifs is 1. The third kappa shape index (κ3) is 4.71. The Bertz CT molecular complexity index is 1080. The molecular weight excluding hydrogens is 468 g/mol. The topological polar surface area (TPSA) is 76.8 Å². The zero-order chi connectivity index (χ0) is 22.9. The number of carbonyl (C=O) groups excluding carboxylic acids is 1. The fourth-order valence-corrected chi connectivity index (χ4v) is 4.01. The number of benzene rings is 1. The van der Waals surface area contributed by atoms with Gasteiger partial charge in [-0.15, -0.1) is 0 Å². The molecule has 0 saturated heterocycles. The van der Waals surface area contributed by atoms with Crippen molar-refractivity contribution in [2.45, 2.75) is 37.6 Å². The number of alkyl halides is 3. The number of aromatic nitrogens is 4. The molecule has 0 saturated carbocycles. The molecule has 2 aromatic heterocycles. The summed E-state index contributed by atoms with van der Waals surface area (Å²) in [5, 5.41) is 9.91. The van der Waals surface area contributed by atoms with Gasteiger partial charge in [-0.25, -0.2) is 9.67 Å². The fraction of sp³-hybridized carbons (Fsp3) is 0.350. The van der Waals surface area contributed by atoms with E-state index < -0.39 is 24.2 Å². The number of rotatable bonds is 6. The summed E-state index contributed by atoms with van der Waals surface area (Å²) in [5.74, 6) is -0.669. The first kappa shape index (κ1) is 22.5. The van der Waals surface area contributed by atoms with Gasteiger partial charge in [-0.1, -0.05) is 35.3 Å². The lowest BCUT2D eigenvalue weighted by molar-refractivity contribution is -0.173. The summed E-state index contributed by atoms with van der Waals surface area (Å²) in [7, 11) is 0. The Labute approximate surface area is 191 Å². The summed E-state index contributed by atoms with van der Waals surface area (Å²) in [5.41, 5.74) is 0.375. The monoisotopic (exact) mass is 486 g/mol. The zero-order valence-electron chi connectivity index (χ0n) is 16.6. The first-order chi connectivity index (χ1) is 15.2. The SMILES string of the molecule is O=C(NCCCn1ccnc1)c1nn2c(c1Cl)NC(c1ccc(Cl)cc1)CC2C(F)(F)F. The van der Waals surface area contributed by atoms with Gasteiger partial charge >= 0.3 is 6.18 Å². The Morgan fingerprint density at radius 3 is 2.66 bits per heavy atom. The zero-order valence-corrected chi connectivity index (χ0v) is 18.1. The fourth-order valence-electron chi connectivity index (χ4n) is 3.61. The second kappa shape index (κ2) is 9.03. The van der Waals surface area contributed by atoms with Gasteiger partial charge in [0.15, 0.2) is 11.7 Å². The van der Waals surface area contributed by atoms with Crippen molar-refractivity contribution in [3.63, 3.8) is 0 Å². The average molecular weight is 487 g/mol. The summed E-state index contributed by atoms with van der Waals surface area (Å²) in [6, 6.07) is 3.92. The van der Waals surface area contributed by atoms with E-state index in [-0.39, 0.29) is 23.0 Å². The highest BCUT2D eigenvalue weighted by Gasteiger charge is 2.47. The molecular formula is C20H19Cl2F3N6O. The molecule has 12 heteroatoms. The van der Waals surface area contributed by atoms with Crippen LogP contribution in [0.3, 0.4) is 0 Å². The van der Waals surface area contributed by atoms with Crippen molar-refractivity contribution < 1.29 is 18.0 Å². The van der Waals surface area contributed by atoms with Gasteiger partial charge in [0.25, 0.3) is 5.91 Å². The quantitative estimate of drug-likeness (QED) is 0.487. The molecule has 1 amide bonds. The molecule has 7 nitrogen and oxygen atoms in total. The number of imidazole rings is 1. The van der Waals surface area contributed by atoms with Crippen molar-refractivity contribution >= 4 is 34.9 Å². The molecule has 3 aromatic rings. The van der Waals surface area contributed by atoms with E-state index in [1.54, 1.807) is 43.0 Å². The van der Waals surface area contributed by atoms with Crippen molar-refractivity contribution in [1.29, 1.82) is 0 Å². The maximum absolute atomic E-state index is 13.8. The lowest BCUT2D eigenvalue weighted by Crippen LogP contribution is -2.36. The van der Waals surface area contributed by atoms with Crippen LogP contribution in [0.1, 0.15) is 41.0 Å². The van der Waals surface area contributed by atoms with E-state index in [2.05, 4.69) is 20.7 Å². The molecule has 1 aliphatic heterocycles. The van der Waals surface area contributed by atoms with Gasteiger partial charge in [-0.2, -0.15) is 18.3 Å². The van der Waals surface area contributed by atoms with E-state index in [0.29, 0.717) is 30.1 Å². The number of aryl methyl sites for hydroxylation is 1. The van der Waals surface area contributed by atoms with Crippen LogP contribution in [0.2, 0.25) is 10.0 Å². The van der Waals surface area contributed by atoms with Gasteiger partial charge in [0.05, 0.1) is 12.4 Å². The number of hydrogen-bond acceptors (Lipinski definition) is 4. The maximum Gasteiger partial charge on any atom is 0.410 e. The van der Waals surface area contributed by atoms with E-state index in [4.69, 9.17) is 23.2 Å². The maximum atomic E-state index is 13.8. The first-order valence-electron chi connectivity index (χ1n) is 9.84. The molecule has 2 atom stereocenters. The first-order valence-corrected chi connectivity index (χ1v) is 10.6. The highest BCUT2D eigenvalue weighted by atomic mass is 35.5. The highest BCUT2D eigenvalue weighted by molar-refractivity contribution is 6.36. The van der Waals surface area contributed by atoms with Crippen molar-refractivity contribution in [3.05, 3.63) is 64.3 Å². The van der Waals surface area contributed by atoms with Crippen molar-refractivity contribution in [2.24, 2.45) is 0 Å². The molecule has 3 heterocycles. The van der Waals surface area contributed by atoms with Gasteiger partial charge in [-0.05, 0) is 24.1 Å². The van der Waals surface area contributed by atoms with Gasteiger partial charge in [0.2, 0.25) is 0 Å². The van der Waals surface area contributed by atoms with Crippen LogP contribution in [0.5, 0.6) is 0 Å². The number of halogens is 5. The van der Waals surface area contributed by atoms with Crippen LogP contribution >= 0.6 is 23.2 Å². The second-order valence-electron chi connectivity index (χ2n) is 7.41. The van der Waals surface area contributed by atoms with Gasteiger partial charge < -0.3 is 15.2 Å². The van der Waals surface area contributed by atoms with Gasteiger partial charge in [0, 0.05) is 36.9 Å². The van der Waals surface area contributed by atoms with Crippen LogP contribution in [0.4, 0.5) is 19.0 Å². The van der Waals surface area contributed by atoms with Crippen LogP contribution in [-0.2, 0) is 6.54 Å². The number of amides is 1. The van der Waals surface area contributed by atoms with Gasteiger partial charge in [0.1, 0.15) is 10.8 Å². The Balaban J connectivity index is 1.53. The summed E-state index contributed by atoms with van der Waals surface area (Å²) in [6.07, 6.45) is 0.826. The molecule has 0 spiro atoms. The minimum atomic E-state index is -4.57. The summed E-state index contributed by atoms with van der Waals surface area (Å²) < 4.78 is 44.1. The lowest BCUT2D eigenvalue weighted by atomic mass is 9.97. The minimum absolute atomic E-state index is 0.0382. The van der Waals surface area contributed by atoms with Crippen LogP contribution in [-0.4, -0.2) is 38.0 Å². The number of nitrogens with zero attached hydrogens (tertiary/aromatic N) is 4. The molecule has 2 unspecified atom stereocenters. The molecule has 2 N–H and O–H groups in total. The van der Waals surface area contributed by atoms with Crippen LogP contribution in [0.15, 0.2) is 43.0 Å². The predicted octanol–water partition coefficient (Wildman–Crippen LogP) is 4.87. The lowest BCUT2D eigenvalue weighted by Gasteiger charge is -2.33. The average Bonchev–Trinajstić information content (AvgIpc) is 3.38. The molecule has 32 heavy (non-hydrogen) atoms. The van der Waals surface area contributed by atoms with Crippen molar-refractivity contribution in [2.75, 3.05) is 11.9 Å². The van der Waals surface area contributed by atoms with Gasteiger partial charge in [-0.3, -0.25) is 4.79 Å². The Morgan fingerprint density at radius 1 is 1.25 bits per heavy atom.